The van der Waals surface area contributed by atoms with E-state index in [1.165, 1.54) is 19.9 Å². The summed E-state index contributed by atoms with van der Waals surface area (Å²) in [6.45, 7) is 2.18. The van der Waals surface area contributed by atoms with Crippen LogP contribution in [-0.2, 0) is 16.6 Å². The van der Waals surface area contributed by atoms with Gasteiger partial charge in [0.2, 0.25) is 0 Å². The van der Waals surface area contributed by atoms with E-state index in [2.05, 4.69) is 10.2 Å². The third kappa shape index (κ3) is 2.74. The number of nitrogens with zero attached hydrogens (tertiary/aromatic N) is 1. The number of rotatable bonds is 4. The van der Waals surface area contributed by atoms with Crippen LogP contribution in [-0.4, -0.2) is 23.7 Å². The smallest absolute Gasteiger partial charge is 0.265 e. The highest BCUT2D eigenvalue weighted by Crippen LogP contribution is 2.26. The average Bonchev–Trinajstić information content (AvgIpc) is 2.81. The fourth-order valence-corrected chi connectivity index (χ4v) is 3.30. The summed E-state index contributed by atoms with van der Waals surface area (Å²) < 4.78 is 53.9. The number of aromatic amines is 1. The van der Waals surface area contributed by atoms with Crippen molar-refractivity contribution in [3.63, 3.8) is 0 Å². The zero-order chi connectivity index (χ0) is 15.8. The van der Waals surface area contributed by atoms with Gasteiger partial charge in [0.25, 0.3) is 10.0 Å². The lowest BCUT2D eigenvalue weighted by Crippen LogP contribution is -2.17. The predicted molar refractivity (Wildman–Crippen MR) is 71.2 cm³/mol. The number of H-pyrrole nitrogens is 1. The van der Waals surface area contributed by atoms with Crippen molar-refractivity contribution >= 4 is 15.7 Å². The van der Waals surface area contributed by atoms with Gasteiger partial charge in [-0.3, -0.25) is 9.82 Å². The lowest BCUT2D eigenvalue weighted by molar-refractivity contribution is 0.273. The highest BCUT2D eigenvalue weighted by molar-refractivity contribution is 7.92. The molecular weight excluding hydrogens is 304 g/mol. The summed E-state index contributed by atoms with van der Waals surface area (Å²) in [5, 5.41) is 15.1. The molecule has 1 aromatic carbocycles. The van der Waals surface area contributed by atoms with Crippen LogP contribution in [0.3, 0.4) is 0 Å². The molecule has 114 valence electrons. The van der Waals surface area contributed by atoms with E-state index in [9.17, 15) is 17.2 Å². The summed E-state index contributed by atoms with van der Waals surface area (Å²) in [5.41, 5.74) is -0.645. The van der Waals surface area contributed by atoms with Crippen molar-refractivity contribution in [2.75, 3.05) is 4.72 Å². The van der Waals surface area contributed by atoms with E-state index < -0.39 is 34.0 Å². The van der Waals surface area contributed by atoms with Crippen LogP contribution in [0, 0.1) is 25.5 Å². The van der Waals surface area contributed by atoms with Crippen LogP contribution >= 0.6 is 0 Å². The normalized spacial score (nSPS) is 11.7. The fraction of sp³-hybridized carbons (Fsp3) is 0.250. The molecule has 0 aliphatic heterocycles. The van der Waals surface area contributed by atoms with Crippen molar-refractivity contribution in [1.29, 1.82) is 0 Å². The summed E-state index contributed by atoms with van der Waals surface area (Å²) in [5.74, 6) is -2.03. The van der Waals surface area contributed by atoms with E-state index in [4.69, 9.17) is 5.11 Å². The van der Waals surface area contributed by atoms with E-state index in [1.54, 1.807) is 0 Å². The molecule has 0 aliphatic rings. The maximum absolute atomic E-state index is 13.9. The maximum Gasteiger partial charge on any atom is 0.265 e. The Hall–Kier alpha value is -2.00. The molecule has 0 aliphatic carbocycles. The number of hydrogen-bond acceptors (Lipinski definition) is 4. The van der Waals surface area contributed by atoms with Crippen molar-refractivity contribution in [1.82, 2.24) is 10.2 Å². The number of aliphatic hydroxyl groups is 1. The number of aliphatic hydroxyl groups excluding tert-OH is 1. The number of aryl methyl sites for hydroxylation is 2. The molecule has 0 saturated carbocycles. The molecule has 0 radical (unpaired) electrons. The molecule has 0 amide bonds. The van der Waals surface area contributed by atoms with Gasteiger partial charge in [-0.05, 0) is 25.5 Å². The van der Waals surface area contributed by atoms with E-state index in [0.717, 1.165) is 6.07 Å². The molecule has 2 aromatic rings. The standard InChI is InChI=1S/C12H13F2N3O3S/c1-6-3-4-8(13)11(10(6)14)17-21(19,20)12-7(2)15-16-9(12)5-18/h3-4,17-18H,5H2,1-2H3,(H,15,16). The topological polar surface area (TPSA) is 95.1 Å². The van der Waals surface area contributed by atoms with E-state index in [0.29, 0.717) is 0 Å². The molecule has 9 heteroatoms. The Kier molecular flexibility index (Phi) is 3.97. The number of benzene rings is 1. The van der Waals surface area contributed by atoms with Gasteiger partial charge in [0.1, 0.15) is 22.1 Å². The number of sulfonamides is 1. The Balaban J connectivity index is 2.53. The average molecular weight is 317 g/mol. The van der Waals surface area contributed by atoms with Gasteiger partial charge in [0, 0.05) is 0 Å². The zero-order valence-electron chi connectivity index (χ0n) is 11.2. The lowest BCUT2D eigenvalue weighted by Gasteiger charge is -2.11. The molecule has 0 saturated heterocycles. The van der Waals surface area contributed by atoms with Crippen molar-refractivity contribution < 1.29 is 22.3 Å². The Labute approximate surface area is 119 Å². The Morgan fingerprint density at radius 1 is 1.33 bits per heavy atom. The van der Waals surface area contributed by atoms with Crippen LogP contribution in [0.15, 0.2) is 17.0 Å². The first-order valence-electron chi connectivity index (χ1n) is 5.90. The van der Waals surface area contributed by atoms with Crippen LogP contribution < -0.4 is 4.72 Å². The second kappa shape index (κ2) is 5.41. The van der Waals surface area contributed by atoms with Crippen LogP contribution in [0.1, 0.15) is 17.0 Å². The van der Waals surface area contributed by atoms with Crippen molar-refractivity contribution in [2.45, 2.75) is 25.3 Å². The third-order valence-corrected chi connectivity index (χ3v) is 4.45. The molecule has 3 N–H and O–H groups in total. The van der Waals surface area contributed by atoms with E-state index in [-0.39, 0.29) is 21.8 Å². The SMILES string of the molecule is Cc1ccc(F)c(NS(=O)(=O)c2c(CO)n[nH]c2C)c1F. The molecule has 21 heavy (non-hydrogen) atoms. The number of aromatic nitrogens is 2. The summed E-state index contributed by atoms with van der Waals surface area (Å²) in [6.07, 6.45) is 0. The maximum atomic E-state index is 13.9. The van der Waals surface area contributed by atoms with Gasteiger partial charge in [-0.1, -0.05) is 6.07 Å². The van der Waals surface area contributed by atoms with Crippen molar-refractivity contribution in [3.8, 4) is 0 Å². The van der Waals surface area contributed by atoms with E-state index >= 15 is 0 Å². The number of anilines is 1. The first-order chi connectivity index (χ1) is 9.77. The van der Waals surface area contributed by atoms with Crippen LogP contribution in [0.2, 0.25) is 0 Å². The monoisotopic (exact) mass is 317 g/mol. The zero-order valence-corrected chi connectivity index (χ0v) is 12.1. The van der Waals surface area contributed by atoms with Gasteiger partial charge in [-0.15, -0.1) is 0 Å². The number of nitrogens with one attached hydrogen (secondary N) is 2. The second-order valence-corrected chi connectivity index (χ2v) is 6.06. The van der Waals surface area contributed by atoms with Crippen LogP contribution in [0.5, 0.6) is 0 Å². The van der Waals surface area contributed by atoms with Crippen LogP contribution in [0.4, 0.5) is 14.5 Å². The van der Waals surface area contributed by atoms with Gasteiger partial charge in [0.05, 0.1) is 12.3 Å². The lowest BCUT2D eigenvalue weighted by atomic mass is 10.2. The molecule has 0 unspecified atom stereocenters. The minimum atomic E-state index is -4.29. The highest BCUT2D eigenvalue weighted by Gasteiger charge is 2.26. The molecule has 2 rings (SSSR count). The second-order valence-electron chi connectivity index (χ2n) is 4.44. The van der Waals surface area contributed by atoms with Gasteiger partial charge in [-0.25, -0.2) is 17.2 Å². The first-order valence-corrected chi connectivity index (χ1v) is 7.38. The third-order valence-electron chi connectivity index (χ3n) is 2.90. The molecule has 0 atom stereocenters. The largest absolute Gasteiger partial charge is 0.390 e. The number of hydrogen-bond donors (Lipinski definition) is 3. The summed E-state index contributed by atoms with van der Waals surface area (Å²) in [4.78, 5) is -0.328. The van der Waals surface area contributed by atoms with Gasteiger partial charge in [-0.2, -0.15) is 5.10 Å². The summed E-state index contributed by atoms with van der Waals surface area (Å²) in [7, 11) is -4.29. The Morgan fingerprint density at radius 3 is 2.62 bits per heavy atom. The summed E-state index contributed by atoms with van der Waals surface area (Å²) >= 11 is 0. The van der Waals surface area contributed by atoms with Crippen molar-refractivity contribution in [3.05, 3.63) is 40.7 Å². The Bertz CT molecular complexity index is 787. The molecule has 0 spiro atoms. The molecule has 1 aromatic heterocycles. The minimum Gasteiger partial charge on any atom is -0.390 e. The Morgan fingerprint density at radius 2 is 2.00 bits per heavy atom. The van der Waals surface area contributed by atoms with Gasteiger partial charge >= 0.3 is 0 Å². The van der Waals surface area contributed by atoms with Gasteiger partial charge < -0.3 is 5.11 Å². The number of halogens is 2. The first kappa shape index (κ1) is 15.4. The molecule has 6 nitrogen and oxygen atoms in total. The molecule has 0 bridgehead atoms. The summed E-state index contributed by atoms with van der Waals surface area (Å²) in [6, 6.07) is 2.16. The van der Waals surface area contributed by atoms with E-state index in [1.807, 2.05) is 4.72 Å². The molecular formula is C12H13F2N3O3S. The molecule has 0 fully saturated rings. The minimum absolute atomic E-state index is 0.0976. The quantitative estimate of drug-likeness (QED) is 0.798. The predicted octanol–water partition coefficient (Wildman–Crippen LogP) is 1.60. The van der Waals surface area contributed by atoms with Crippen molar-refractivity contribution in [2.24, 2.45) is 0 Å². The fourth-order valence-electron chi connectivity index (χ4n) is 1.87. The van der Waals surface area contributed by atoms with Gasteiger partial charge in [0.15, 0.2) is 5.82 Å². The molecule has 1 heterocycles. The highest BCUT2D eigenvalue weighted by atomic mass is 32.2. The van der Waals surface area contributed by atoms with Crippen LogP contribution in [0.25, 0.3) is 0 Å².